The van der Waals surface area contributed by atoms with E-state index in [0.29, 0.717) is 17.8 Å². The zero-order valence-corrected chi connectivity index (χ0v) is 11.6. The van der Waals surface area contributed by atoms with Gasteiger partial charge in [-0.25, -0.2) is 9.67 Å². The molecule has 1 unspecified atom stereocenters. The van der Waals surface area contributed by atoms with Crippen LogP contribution in [0.5, 0.6) is 5.19 Å². The Balaban J connectivity index is 1.52. The highest BCUT2D eigenvalue weighted by atomic mass is 32.1. The third-order valence-corrected chi connectivity index (χ3v) is 3.90. The summed E-state index contributed by atoms with van der Waals surface area (Å²) in [5.74, 6) is 1.08. The molecule has 0 spiro atoms. The summed E-state index contributed by atoms with van der Waals surface area (Å²) in [4.78, 5) is 4.22. The van der Waals surface area contributed by atoms with E-state index in [1.54, 1.807) is 6.33 Å². The summed E-state index contributed by atoms with van der Waals surface area (Å²) in [6, 6.07) is 0.411. The molecule has 0 saturated heterocycles. The van der Waals surface area contributed by atoms with Gasteiger partial charge in [-0.2, -0.15) is 5.10 Å². The summed E-state index contributed by atoms with van der Waals surface area (Å²) in [7, 11) is 0. The summed E-state index contributed by atoms with van der Waals surface area (Å²) >= 11 is 1.49. The number of rotatable bonds is 5. The average molecular weight is 280 g/mol. The molecule has 1 aliphatic heterocycles. The Bertz CT molecular complexity index is 539. The molecule has 0 bridgehead atoms. The first-order chi connectivity index (χ1) is 9.35. The van der Waals surface area contributed by atoms with Gasteiger partial charge in [0.25, 0.3) is 5.19 Å². The van der Waals surface area contributed by atoms with Crippen molar-refractivity contribution < 1.29 is 4.74 Å². The van der Waals surface area contributed by atoms with E-state index in [-0.39, 0.29) is 0 Å². The van der Waals surface area contributed by atoms with Gasteiger partial charge in [0.2, 0.25) is 0 Å². The topological polar surface area (TPSA) is 77.8 Å². The fourth-order valence-electron chi connectivity index (χ4n) is 2.13. The van der Waals surface area contributed by atoms with Gasteiger partial charge >= 0.3 is 0 Å². The Morgan fingerprint density at radius 2 is 2.47 bits per heavy atom. The van der Waals surface area contributed by atoms with Crippen molar-refractivity contribution in [2.75, 3.05) is 6.61 Å². The second kappa shape index (κ2) is 5.62. The molecule has 3 heterocycles. The van der Waals surface area contributed by atoms with Crippen LogP contribution < -0.4 is 10.1 Å². The van der Waals surface area contributed by atoms with Crippen molar-refractivity contribution in [2.45, 2.75) is 38.9 Å². The molecule has 19 heavy (non-hydrogen) atoms. The molecule has 0 saturated carbocycles. The Morgan fingerprint density at radius 3 is 3.37 bits per heavy atom. The average Bonchev–Trinajstić information content (AvgIpc) is 3.04. The van der Waals surface area contributed by atoms with Gasteiger partial charge in [-0.05, 0) is 13.3 Å². The lowest BCUT2D eigenvalue weighted by molar-refractivity contribution is 0.335. The molecule has 0 fully saturated rings. The van der Waals surface area contributed by atoms with Crippen molar-refractivity contribution in [3.05, 3.63) is 17.2 Å². The zero-order chi connectivity index (χ0) is 13.1. The van der Waals surface area contributed by atoms with E-state index in [0.717, 1.165) is 36.8 Å². The number of nitrogens with zero attached hydrogens (tertiary/aromatic N) is 5. The smallest absolute Gasteiger partial charge is 0.294 e. The second-order valence-corrected chi connectivity index (χ2v) is 5.39. The number of aromatic nitrogens is 5. The Hall–Kier alpha value is -1.54. The van der Waals surface area contributed by atoms with E-state index in [4.69, 9.17) is 4.74 Å². The van der Waals surface area contributed by atoms with Crippen LogP contribution in [-0.2, 0) is 19.5 Å². The van der Waals surface area contributed by atoms with Crippen LogP contribution >= 0.6 is 11.3 Å². The van der Waals surface area contributed by atoms with Crippen LogP contribution in [0.3, 0.4) is 0 Å². The number of aryl methyl sites for hydroxylation is 1. The van der Waals surface area contributed by atoms with Crippen molar-refractivity contribution in [2.24, 2.45) is 0 Å². The second-order valence-electron chi connectivity index (χ2n) is 4.37. The number of hydrogen-bond donors (Lipinski definition) is 1. The minimum Gasteiger partial charge on any atom is -0.469 e. The standard InChI is InChI=1S/C11H16N6OS/c1-2-18-11-16-15-10(19-11)5-12-8-3-4-9-13-7-14-17(9)6-8/h7-8,12H,2-6H2,1H3. The van der Waals surface area contributed by atoms with Crippen molar-refractivity contribution >= 4 is 11.3 Å². The van der Waals surface area contributed by atoms with Gasteiger partial charge in [0.1, 0.15) is 17.2 Å². The predicted molar refractivity (Wildman–Crippen MR) is 70.0 cm³/mol. The van der Waals surface area contributed by atoms with Crippen LogP contribution in [0.15, 0.2) is 6.33 Å². The lowest BCUT2D eigenvalue weighted by Crippen LogP contribution is -2.37. The highest BCUT2D eigenvalue weighted by molar-refractivity contribution is 7.13. The van der Waals surface area contributed by atoms with Crippen LogP contribution in [0.2, 0.25) is 0 Å². The molecule has 102 valence electrons. The summed E-state index contributed by atoms with van der Waals surface area (Å²) in [6.07, 6.45) is 3.67. The van der Waals surface area contributed by atoms with Gasteiger partial charge in [0, 0.05) is 12.5 Å². The quantitative estimate of drug-likeness (QED) is 0.865. The number of nitrogens with one attached hydrogen (secondary N) is 1. The molecule has 2 aromatic heterocycles. The molecule has 1 aliphatic rings. The Kier molecular flexibility index (Phi) is 3.69. The van der Waals surface area contributed by atoms with E-state index in [1.807, 2.05) is 11.6 Å². The third-order valence-electron chi connectivity index (χ3n) is 3.06. The van der Waals surface area contributed by atoms with Crippen molar-refractivity contribution in [1.82, 2.24) is 30.3 Å². The minimum atomic E-state index is 0.411. The van der Waals surface area contributed by atoms with Gasteiger partial charge in [-0.15, -0.1) is 10.2 Å². The van der Waals surface area contributed by atoms with Gasteiger partial charge < -0.3 is 10.1 Å². The summed E-state index contributed by atoms with van der Waals surface area (Å²) in [5, 5.41) is 17.4. The van der Waals surface area contributed by atoms with Gasteiger partial charge in [0.05, 0.1) is 19.7 Å². The Morgan fingerprint density at radius 1 is 1.53 bits per heavy atom. The molecule has 7 nitrogen and oxygen atoms in total. The fourth-order valence-corrected chi connectivity index (χ4v) is 2.82. The maximum Gasteiger partial charge on any atom is 0.294 e. The lowest BCUT2D eigenvalue weighted by atomic mass is 10.1. The third kappa shape index (κ3) is 2.90. The normalized spacial score (nSPS) is 18.3. The lowest BCUT2D eigenvalue weighted by Gasteiger charge is -2.23. The molecule has 0 aromatic carbocycles. The fraction of sp³-hybridized carbons (Fsp3) is 0.636. The molecule has 0 radical (unpaired) electrons. The van der Waals surface area contributed by atoms with E-state index >= 15 is 0 Å². The predicted octanol–water partition coefficient (Wildman–Crippen LogP) is 0.633. The number of hydrogen-bond acceptors (Lipinski definition) is 7. The molecule has 3 rings (SSSR count). The molecule has 0 aliphatic carbocycles. The van der Waals surface area contributed by atoms with Crippen LogP contribution in [0, 0.1) is 0 Å². The number of fused-ring (bicyclic) bond motifs is 1. The van der Waals surface area contributed by atoms with Crippen molar-refractivity contribution in [1.29, 1.82) is 0 Å². The van der Waals surface area contributed by atoms with E-state index in [2.05, 4.69) is 25.6 Å². The van der Waals surface area contributed by atoms with Crippen LogP contribution in [0.25, 0.3) is 0 Å². The van der Waals surface area contributed by atoms with E-state index in [9.17, 15) is 0 Å². The molecule has 1 atom stereocenters. The monoisotopic (exact) mass is 280 g/mol. The SMILES string of the molecule is CCOc1nnc(CNC2CCc3ncnn3C2)s1. The first-order valence-electron chi connectivity index (χ1n) is 6.40. The maximum atomic E-state index is 5.31. The highest BCUT2D eigenvalue weighted by Gasteiger charge is 2.19. The van der Waals surface area contributed by atoms with Crippen LogP contribution in [-0.4, -0.2) is 37.6 Å². The van der Waals surface area contributed by atoms with E-state index in [1.165, 1.54) is 11.3 Å². The van der Waals surface area contributed by atoms with E-state index < -0.39 is 0 Å². The van der Waals surface area contributed by atoms with Crippen molar-refractivity contribution in [3.63, 3.8) is 0 Å². The molecular formula is C11H16N6OS. The highest BCUT2D eigenvalue weighted by Crippen LogP contribution is 2.18. The van der Waals surface area contributed by atoms with Crippen LogP contribution in [0.1, 0.15) is 24.2 Å². The first-order valence-corrected chi connectivity index (χ1v) is 7.22. The maximum absolute atomic E-state index is 5.31. The number of ether oxygens (including phenoxy) is 1. The molecule has 2 aromatic rings. The molecule has 0 amide bonds. The van der Waals surface area contributed by atoms with Gasteiger partial charge in [-0.1, -0.05) is 11.3 Å². The first kappa shape index (κ1) is 12.5. The Labute approximate surface area is 115 Å². The van der Waals surface area contributed by atoms with Crippen LogP contribution in [0.4, 0.5) is 0 Å². The molecule has 1 N–H and O–H groups in total. The van der Waals surface area contributed by atoms with Crippen molar-refractivity contribution in [3.8, 4) is 5.19 Å². The van der Waals surface area contributed by atoms with Gasteiger partial charge in [0.15, 0.2) is 0 Å². The largest absolute Gasteiger partial charge is 0.469 e. The minimum absolute atomic E-state index is 0.411. The zero-order valence-electron chi connectivity index (χ0n) is 10.7. The summed E-state index contributed by atoms with van der Waals surface area (Å²) in [5.41, 5.74) is 0. The van der Waals surface area contributed by atoms with Gasteiger partial charge in [-0.3, -0.25) is 0 Å². The molecular weight excluding hydrogens is 264 g/mol. The summed E-state index contributed by atoms with van der Waals surface area (Å²) in [6.45, 7) is 4.16. The molecule has 8 heteroatoms. The summed E-state index contributed by atoms with van der Waals surface area (Å²) < 4.78 is 7.27.